The van der Waals surface area contributed by atoms with Gasteiger partial charge in [-0.15, -0.1) is 0 Å². The van der Waals surface area contributed by atoms with E-state index in [1.54, 1.807) is 0 Å². The van der Waals surface area contributed by atoms with Gasteiger partial charge in [0.2, 0.25) is 5.91 Å². The van der Waals surface area contributed by atoms with Crippen molar-refractivity contribution in [2.24, 2.45) is 0 Å². The van der Waals surface area contributed by atoms with Crippen molar-refractivity contribution < 1.29 is 4.79 Å². The number of hydrogen-bond acceptors (Lipinski definition) is 1. The lowest BCUT2D eigenvalue weighted by atomic mass is 9.87. The summed E-state index contributed by atoms with van der Waals surface area (Å²) in [5, 5.41) is 2.86. The summed E-state index contributed by atoms with van der Waals surface area (Å²) >= 11 is 2.06. The zero-order valence-corrected chi connectivity index (χ0v) is 12.2. The number of hydrogen-bond donors (Lipinski definition) is 1. The summed E-state index contributed by atoms with van der Waals surface area (Å²) in [6.45, 7) is 7.20. The SMILES string of the molecule is CC(C)(C)c1ccc(CNC(=O)CI)cc1. The zero-order chi connectivity index (χ0) is 12.2. The van der Waals surface area contributed by atoms with Gasteiger partial charge < -0.3 is 5.32 Å². The van der Waals surface area contributed by atoms with E-state index in [2.05, 4.69) is 72.9 Å². The van der Waals surface area contributed by atoms with E-state index in [1.165, 1.54) is 5.56 Å². The average molecular weight is 331 g/mol. The highest BCUT2D eigenvalue weighted by atomic mass is 127. The van der Waals surface area contributed by atoms with Crippen molar-refractivity contribution in [3.05, 3.63) is 35.4 Å². The molecule has 3 heteroatoms. The van der Waals surface area contributed by atoms with E-state index in [-0.39, 0.29) is 11.3 Å². The molecule has 0 bridgehead atoms. The van der Waals surface area contributed by atoms with Crippen molar-refractivity contribution in [3.8, 4) is 0 Å². The lowest BCUT2D eigenvalue weighted by Gasteiger charge is -2.19. The van der Waals surface area contributed by atoms with Crippen molar-refractivity contribution in [2.75, 3.05) is 4.43 Å². The second-order valence-corrected chi connectivity index (χ2v) is 5.62. The summed E-state index contributed by atoms with van der Waals surface area (Å²) in [6, 6.07) is 8.42. The average Bonchev–Trinajstić information content (AvgIpc) is 2.25. The molecule has 2 nitrogen and oxygen atoms in total. The van der Waals surface area contributed by atoms with E-state index in [9.17, 15) is 4.79 Å². The predicted octanol–water partition coefficient (Wildman–Crippen LogP) is 3.04. The number of alkyl halides is 1. The fraction of sp³-hybridized carbons (Fsp3) is 0.462. The van der Waals surface area contributed by atoms with Gasteiger partial charge in [-0.3, -0.25) is 4.79 Å². The fourth-order valence-electron chi connectivity index (χ4n) is 1.37. The van der Waals surface area contributed by atoms with Gasteiger partial charge in [0.15, 0.2) is 0 Å². The van der Waals surface area contributed by atoms with Gasteiger partial charge in [0, 0.05) is 6.54 Å². The van der Waals surface area contributed by atoms with Gasteiger partial charge in [-0.1, -0.05) is 67.6 Å². The van der Waals surface area contributed by atoms with Crippen LogP contribution in [-0.2, 0) is 16.8 Å². The largest absolute Gasteiger partial charge is 0.351 e. The topological polar surface area (TPSA) is 29.1 Å². The normalized spacial score (nSPS) is 11.2. The molecular weight excluding hydrogens is 313 g/mol. The minimum absolute atomic E-state index is 0.0838. The quantitative estimate of drug-likeness (QED) is 0.669. The van der Waals surface area contributed by atoms with Gasteiger partial charge >= 0.3 is 0 Å². The third kappa shape index (κ3) is 4.12. The Kier molecular flexibility index (Phi) is 4.77. The van der Waals surface area contributed by atoms with Crippen LogP contribution in [0.2, 0.25) is 0 Å². The summed E-state index contributed by atoms with van der Waals surface area (Å²) in [4.78, 5) is 11.1. The Morgan fingerprint density at radius 2 is 1.81 bits per heavy atom. The van der Waals surface area contributed by atoms with E-state index < -0.39 is 0 Å². The predicted molar refractivity (Wildman–Crippen MR) is 75.9 cm³/mol. The van der Waals surface area contributed by atoms with Crippen LogP contribution in [0.25, 0.3) is 0 Å². The van der Waals surface area contributed by atoms with Crippen LogP contribution in [0.5, 0.6) is 0 Å². The second-order valence-electron chi connectivity index (χ2n) is 4.86. The van der Waals surface area contributed by atoms with Crippen LogP contribution < -0.4 is 5.32 Å². The van der Waals surface area contributed by atoms with Gasteiger partial charge in [0.1, 0.15) is 0 Å². The summed E-state index contributed by atoms with van der Waals surface area (Å²) in [5.74, 6) is 0.0838. The summed E-state index contributed by atoms with van der Waals surface area (Å²) in [6.07, 6.45) is 0. The van der Waals surface area contributed by atoms with Crippen LogP contribution in [-0.4, -0.2) is 10.3 Å². The summed E-state index contributed by atoms with van der Waals surface area (Å²) in [7, 11) is 0. The van der Waals surface area contributed by atoms with E-state index in [1.807, 2.05) is 0 Å². The molecule has 0 aliphatic carbocycles. The molecule has 1 amide bonds. The first-order chi connectivity index (χ1) is 7.43. The molecule has 0 atom stereocenters. The number of benzene rings is 1. The van der Waals surface area contributed by atoms with E-state index >= 15 is 0 Å². The van der Waals surface area contributed by atoms with Crippen molar-refractivity contribution >= 4 is 28.5 Å². The van der Waals surface area contributed by atoms with Gasteiger partial charge in [0.05, 0.1) is 4.43 Å². The molecule has 0 heterocycles. The molecule has 1 N–H and O–H groups in total. The lowest BCUT2D eigenvalue weighted by molar-refractivity contribution is -0.118. The van der Waals surface area contributed by atoms with Crippen LogP contribution in [0.3, 0.4) is 0 Å². The molecule has 0 unspecified atom stereocenters. The van der Waals surface area contributed by atoms with E-state index in [0.717, 1.165) is 5.56 Å². The lowest BCUT2D eigenvalue weighted by Crippen LogP contribution is -2.23. The maximum absolute atomic E-state index is 11.1. The Hall–Kier alpha value is -0.580. The Labute approximate surface area is 111 Å². The first-order valence-corrected chi connectivity index (χ1v) is 6.88. The molecule has 0 aliphatic heterocycles. The summed E-state index contributed by atoms with van der Waals surface area (Å²) in [5.41, 5.74) is 2.65. The number of amides is 1. The fourth-order valence-corrected chi connectivity index (χ4v) is 1.64. The Bertz CT molecular complexity index is 351. The molecule has 0 fully saturated rings. The summed E-state index contributed by atoms with van der Waals surface area (Å²) < 4.78 is 0.512. The molecule has 1 aromatic rings. The minimum Gasteiger partial charge on any atom is -0.351 e. The van der Waals surface area contributed by atoms with Crippen molar-refractivity contribution in [3.63, 3.8) is 0 Å². The van der Waals surface area contributed by atoms with Crippen molar-refractivity contribution in [1.29, 1.82) is 0 Å². The van der Waals surface area contributed by atoms with Crippen LogP contribution >= 0.6 is 22.6 Å². The molecule has 0 saturated carbocycles. The van der Waals surface area contributed by atoms with E-state index in [4.69, 9.17) is 0 Å². The highest BCUT2D eigenvalue weighted by Gasteiger charge is 2.12. The molecule has 1 aromatic carbocycles. The highest BCUT2D eigenvalue weighted by Crippen LogP contribution is 2.22. The van der Waals surface area contributed by atoms with E-state index in [0.29, 0.717) is 11.0 Å². The van der Waals surface area contributed by atoms with Crippen LogP contribution in [0.4, 0.5) is 0 Å². The third-order valence-electron chi connectivity index (χ3n) is 2.43. The third-order valence-corrected chi connectivity index (χ3v) is 3.12. The van der Waals surface area contributed by atoms with Crippen LogP contribution in [0.15, 0.2) is 24.3 Å². The molecule has 0 aliphatic rings. The first-order valence-electron chi connectivity index (χ1n) is 5.35. The van der Waals surface area contributed by atoms with Crippen LogP contribution in [0.1, 0.15) is 31.9 Å². The van der Waals surface area contributed by atoms with Crippen molar-refractivity contribution in [1.82, 2.24) is 5.32 Å². The first kappa shape index (κ1) is 13.5. The Balaban J connectivity index is 2.62. The monoisotopic (exact) mass is 331 g/mol. The van der Waals surface area contributed by atoms with Crippen molar-refractivity contribution in [2.45, 2.75) is 32.7 Å². The minimum atomic E-state index is 0.0838. The number of rotatable bonds is 3. The van der Waals surface area contributed by atoms with Gasteiger partial charge in [0.25, 0.3) is 0 Å². The maximum atomic E-state index is 11.1. The van der Waals surface area contributed by atoms with Gasteiger partial charge in [-0.05, 0) is 16.5 Å². The number of carbonyl (C=O) groups excluding carboxylic acids is 1. The maximum Gasteiger partial charge on any atom is 0.230 e. The number of nitrogens with one attached hydrogen (secondary N) is 1. The molecule has 0 aromatic heterocycles. The molecule has 88 valence electrons. The number of halogens is 1. The molecule has 0 radical (unpaired) electrons. The smallest absolute Gasteiger partial charge is 0.230 e. The molecule has 0 spiro atoms. The highest BCUT2D eigenvalue weighted by molar-refractivity contribution is 14.1. The van der Waals surface area contributed by atoms with Gasteiger partial charge in [-0.2, -0.15) is 0 Å². The molecule has 1 rings (SSSR count). The van der Waals surface area contributed by atoms with Crippen LogP contribution in [0, 0.1) is 0 Å². The molecular formula is C13H18INO. The molecule has 16 heavy (non-hydrogen) atoms. The molecule has 0 saturated heterocycles. The Morgan fingerprint density at radius 1 is 1.25 bits per heavy atom. The second kappa shape index (κ2) is 5.66. The Morgan fingerprint density at radius 3 is 2.25 bits per heavy atom. The number of carbonyl (C=O) groups is 1. The van der Waals surface area contributed by atoms with Gasteiger partial charge in [-0.25, -0.2) is 0 Å². The zero-order valence-electron chi connectivity index (χ0n) is 10.0. The standard InChI is InChI=1S/C13H18INO/c1-13(2,3)11-6-4-10(5-7-11)9-15-12(16)8-14/h4-7H,8-9H2,1-3H3,(H,15,16).